The van der Waals surface area contributed by atoms with E-state index in [-0.39, 0.29) is 42.7 Å². The second-order valence-corrected chi connectivity index (χ2v) is 7.72. The molecule has 1 aliphatic rings. The predicted molar refractivity (Wildman–Crippen MR) is 121 cm³/mol. The lowest BCUT2D eigenvalue weighted by molar-refractivity contribution is -0.121. The summed E-state index contributed by atoms with van der Waals surface area (Å²) in [4.78, 5) is 31.1. The van der Waals surface area contributed by atoms with E-state index in [1.807, 2.05) is 28.5 Å². The number of rotatable bonds is 7. The van der Waals surface area contributed by atoms with Crippen molar-refractivity contribution in [1.29, 1.82) is 0 Å². The molecule has 2 amide bonds. The SMILES string of the molecule is Cl.Cl.NCCC(=O)NCC1CCCCN1C(=O)c1csc(Cc2ccccc2)n1. The van der Waals surface area contributed by atoms with Crippen molar-refractivity contribution in [1.82, 2.24) is 15.2 Å². The van der Waals surface area contributed by atoms with Crippen LogP contribution in [0.1, 0.15) is 46.7 Å². The summed E-state index contributed by atoms with van der Waals surface area (Å²) in [5.41, 5.74) is 7.10. The molecule has 9 heteroatoms. The zero-order chi connectivity index (χ0) is 19.1. The van der Waals surface area contributed by atoms with Crippen molar-refractivity contribution >= 4 is 48.0 Å². The highest BCUT2D eigenvalue weighted by atomic mass is 35.5. The van der Waals surface area contributed by atoms with Gasteiger partial charge in [0, 0.05) is 43.9 Å². The van der Waals surface area contributed by atoms with Crippen molar-refractivity contribution in [2.75, 3.05) is 19.6 Å². The lowest BCUT2D eigenvalue weighted by atomic mass is 10.0. The van der Waals surface area contributed by atoms with Gasteiger partial charge in [0.1, 0.15) is 5.69 Å². The summed E-state index contributed by atoms with van der Waals surface area (Å²) < 4.78 is 0. The third-order valence-corrected chi connectivity index (χ3v) is 5.61. The van der Waals surface area contributed by atoms with E-state index in [1.54, 1.807) is 0 Å². The summed E-state index contributed by atoms with van der Waals surface area (Å²) in [7, 11) is 0. The molecular formula is C20H28Cl2N4O2S. The molecule has 2 aromatic rings. The van der Waals surface area contributed by atoms with Crippen molar-refractivity contribution in [3.05, 3.63) is 52.0 Å². The first-order chi connectivity index (χ1) is 13.2. The van der Waals surface area contributed by atoms with Crippen LogP contribution in [0.5, 0.6) is 0 Å². The van der Waals surface area contributed by atoms with Gasteiger partial charge in [-0.25, -0.2) is 4.98 Å². The number of halogens is 2. The fourth-order valence-electron chi connectivity index (χ4n) is 3.34. The number of nitrogens with two attached hydrogens (primary N) is 1. The van der Waals surface area contributed by atoms with Crippen LogP contribution in [0.2, 0.25) is 0 Å². The average Bonchev–Trinajstić information content (AvgIpc) is 3.15. The molecule has 1 saturated heterocycles. The fraction of sp³-hybridized carbons (Fsp3) is 0.450. The number of thiazole rings is 1. The third-order valence-electron chi connectivity index (χ3n) is 4.76. The van der Waals surface area contributed by atoms with Crippen LogP contribution in [-0.4, -0.2) is 47.4 Å². The second kappa shape index (κ2) is 12.8. The van der Waals surface area contributed by atoms with E-state index in [0.29, 0.717) is 31.7 Å². The molecule has 1 atom stereocenters. The van der Waals surface area contributed by atoms with Crippen LogP contribution in [0.4, 0.5) is 0 Å². The lowest BCUT2D eigenvalue weighted by Crippen LogP contribution is -2.49. The zero-order valence-electron chi connectivity index (χ0n) is 16.2. The highest BCUT2D eigenvalue weighted by Crippen LogP contribution is 2.21. The third kappa shape index (κ3) is 7.26. The van der Waals surface area contributed by atoms with Crippen LogP contribution in [-0.2, 0) is 11.2 Å². The molecule has 0 aliphatic carbocycles. The number of hydrogen-bond acceptors (Lipinski definition) is 5. The lowest BCUT2D eigenvalue weighted by Gasteiger charge is -2.35. The zero-order valence-corrected chi connectivity index (χ0v) is 18.7. The summed E-state index contributed by atoms with van der Waals surface area (Å²) in [6.45, 7) is 1.52. The van der Waals surface area contributed by atoms with Gasteiger partial charge in [0.2, 0.25) is 5.91 Å². The number of piperidine rings is 1. The molecular weight excluding hydrogens is 431 g/mol. The van der Waals surface area contributed by atoms with E-state index in [9.17, 15) is 9.59 Å². The van der Waals surface area contributed by atoms with Crippen LogP contribution in [0.3, 0.4) is 0 Å². The Morgan fingerprint density at radius 2 is 1.97 bits per heavy atom. The number of nitrogens with zero attached hydrogens (tertiary/aromatic N) is 2. The smallest absolute Gasteiger partial charge is 0.273 e. The van der Waals surface area contributed by atoms with Gasteiger partial charge in [-0.1, -0.05) is 30.3 Å². The van der Waals surface area contributed by atoms with Gasteiger partial charge in [0.25, 0.3) is 5.91 Å². The molecule has 160 valence electrons. The van der Waals surface area contributed by atoms with Gasteiger partial charge in [-0.3, -0.25) is 9.59 Å². The summed E-state index contributed by atoms with van der Waals surface area (Å²) in [6.07, 6.45) is 4.00. The quantitative estimate of drug-likeness (QED) is 0.666. The highest BCUT2D eigenvalue weighted by molar-refractivity contribution is 7.09. The number of carbonyl (C=O) groups excluding carboxylic acids is 2. The van der Waals surface area contributed by atoms with Crippen molar-refractivity contribution in [3.8, 4) is 0 Å². The molecule has 6 nitrogen and oxygen atoms in total. The Kier molecular flexibility index (Phi) is 11.2. The number of hydrogen-bond donors (Lipinski definition) is 2. The molecule has 2 heterocycles. The van der Waals surface area contributed by atoms with E-state index < -0.39 is 0 Å². The number of nitrogens with one attached hydrogen (secondary N) is 1. The van der Waals surface area contributed by atoms with Crippen LogP contribution in [0.15, 0.2) is 35.7 Å². The van der Waals surface area contributed by atoms with Crippen LogP contribution >= 0.6 is 36.2 Å². The first-order valence-electron chi connectivity index (χ1n) is 9.43. The van der Waals surface area contributed by atoms with Crippen LogP contribution < -0.4 is 11.1 Å². The number of likely N-dealkylation sites (tertiary alicyclic amines) is 1. The maximum absolute atomic E-state index is 13.0. The van der Waals surface area contributed by atoms with Gasteiger partial charge < -0.3 is 16.0 Å². The van der Waals surface area contributed by atoms with Gasteiger partial charge in [0.15, 0.2) is 0 Å². The molecule has 0 radical (unpaired) electrons. The Morgan fingerprint density at radius 1 is 1.21 bits per heavy atom. The number of carbonyl (C=O) groups is 2. The molecule has 1 unspecified atom stereocenters. The summed E-state index contributed by atoms with van der Waals surface area (Å²) >= 11 is 1.52. The van der Waals surface area contributed by atoms with Crippen LogP contribution in [0, 0.1) is 0 Å². The minimum absolute atomic E-state index is 0. The Hall–Kier alpha value is -1.67. The Morgan fingerprint density at radius 3 is 2.69 bits per heavy atom. The van der Waals surface area contributed by atoms with Crippen molar-refractivity contribution < 1.29 is 9.59 Å². The summed E-state index contributed by atoms with van der Waals surface area (Å²) in [5, 5.41) is 5.68. The topological polar surface area (TPSA) is 88.3 Å². The van der Waals surface area contributed by atoms with Gasteiger partial charge in [-0.2, -0.15) is 0 Å². The minimum atomic E-state index is -0.0609. The molecule has 1 aromatic carbocycles. The normalized spacial score (nSPS) is 15.8. The predicted octanol–water partition coefficient (Wildman–Crippen LogP) is 3.04. The van der Waals surface area contributed by atoms with E-state index in [1.165, 1.54) is 16.9 Å². The largest absolute Gasteiger partial charge is 0.354 e. The van der Waals surface area contributed by atoms with E-state index in [2.05, 4.69) is 22.4 Å². The fourth-order valence-corrected chi connectivity index (χ4v) is 4.14. The molecule has 1 aromatic heterocycles. The van der Waals surface area contributed by atoms with Gasteiger partial charge in [0.05, 0.1) is 5.01 Å². The van der Waals surface area contributed by atoms with Crippen LogP contribution in [0.25, 0.3) is 0 Å². The average molecular weight is 459 g/mol. The molecule has 3 N–H and O–H groups in total. The molecule has 0 spiro atoms. The molecule has 0 saturated carbocycles. The highest BCUT2D eigenvalue weighted by Gasteiger charge is 2.29. The van der Waals surface area contributed by atoms with Gasteiger partial charge >= 0.3 is 0 Å². The minimum Gasteiger partial charge on any atom is -0.354 e. The Labute approximate surface area is 188 Å². The maximum Gasteiger partial charge on any atom is 0.273 e. The van der Waals surface area contributed by atoms with E-state index >= 15 is 0 Å². The van der Waals surface area contributed by atoms with Crippen molar-refractivity contribution in [2.45, 2.75) is 38.1 Å². The number of amides is 2. The maximum atomic E-state index is 13.0. The summed E-state index contributed by atoms with van der Waals surface area (Å²) in [6, 6.07) is 10.1. The number of benzene rings is 1. The molecule has 29 heavy (non-hydrogen) atoms. The monoisotopic (exact) mass is 458 g/mol. The Bertz CT molecular complexity index is 773. The van der Waals surface area contributed by atoms with Crippen molar-refractivity contribution in [2.24, 2.45) is 5.73 Å². The number of aromatic nitrogens is 1. The molecule has 0 bridgehead atoms. The molecule has 1 aliphatic heterocycles. The second-order valence-electron chi connectivity index (χ2n) is 6.78. The van der Waals surface area contributed by atoms with Gasteiger partial charge in [-0.05, 0) is 24.8 Å². The van der Waals surface area contributed by atoms with E-state index in [0.717, 1.165) is 30.7 Å². The molecule has 3 rings (SSSR count). The first kappa shape index (κ1) is 25.4. The first-order valence-corrected chi connectivity index (χ1v) is 10.3. The summed E-state index contributed by atoms with van der Waals surface area (Å²) in [5.74, 6) is -0.0994. The standard InChI is InChI=1S/C20H26N4O2S.2ClH/c21-10-9-18(25)22-13-16-8-4-5-11-24(16)20(26)17-14-27-19(23-17)12-15-6-2-1-3-7-15;;/h1-3,6-7,14,16H,4-5,8-13,21H2,(H,22,25);2*1H. The van der Waals surface area contributed by atoms with Crippen molar-refractivity contribution in [3.63, 3.8) is 0 Å². The van der Waals surface area contributed by atoms with E-state index in [4.69, 9.17) is 5.73 Å². The van der Waals surface area contributed by atoms with Gasteiger partial charge in [-0.15, -0.1) is 36.2 Å². The Balaban J connectivity index is 0.00000210. The molecule has 1 fully saturated rings.